The second-order valence-electron chi connectivity index (χ2n) is 8.05. The number of hydrogen-bond acceptors (Lipinski definition) is 2. The van der Waals surface area contributed by atoms with Crippen molar-refractivity contribution in [2.24, 2.45) is 17.8 Å². The Hall–Kier alpha value is -2.04. The van der Waals surface area contributed by atoms with Gasteiger partial charge in [-0.1, -0.05) is 12.1 Å². The topological polar surface area (TPSA) is 78.4 Å². The molecule has 3 N–H and O–H groups in total. The van der Waals surface area contributed by atoms with Crippen LogP contribution in [-0.2, 0) is 11.2 Å². The van der Waals surface area contributed by atoms with Gasteiger partial charge in [-0.25, -0.2) is 4.79 Å². The van der Waals surface area contributed by atoms with Crippen molar-refractivity contribution in [1.82, 2.24) is 5.32 Å². The maximum absolute atomic E-state index is 12.5. The minimum atomic E-state index is -0.870. The fourth-order valence-electron chi connectivity index (χ4n) is 5.60. The quantitative estimate of drug-likeness (QED) is 0.792. The van der Waals surface area contributed by atoms with Crippen LogP contribution in [0, 0.1) is 17.8 Å². The zero-order valence-corrected chi connectivity index (χ0v) is 13.8. The Kier molecular flexibility index (Phi) is 3.74. The molecule has 1 aromatic carbocycles. The van der Waals surface area contributed by atoms with Crippen LogP contribution in [0.5, 0.6) is 0 Å². The Bertz CT molecular complexity index is 635. The van der Waals surface area contributed by atoms with Crippen molar-refractivity contribution in [2.75, 3.05) is 5.32 Å². The van der Waals surface area contributed by atoms with Gasteiger partial charge in [-0.05, 0) is 74.0 Å². The fourth-order valence-corrected chi connectivity index (χ4v) is 5.60. The van der Waals surface area contributed by atoms with Gasteiger partial charge in [-0.3, -0.25) is 4.79 Å². The molecular weight excluding hydrogens is 304 g/mol. The van der Waals surface area contributed by atoms with Gasteiger partial charge in [0.2, 0.25) is 0 Å². The maximum atomic E-state index is 12.5. The highest BCUT2D eigenvalue weighted by Gasteiger charge is 2.51. The smallest absolute Gasteiger partial charge is 0.319 e. The SMILES string of the molecule is O=C(O)Cc1cccc(NC(=O)NC23CC4CC(CC(C4)C2)C3)c1. The Balaban J connectivity index is 1.41. The van der Waals surface area contributed by atoms with E-state index in [1.165, 1.54) is 19.3 Å². The molecule has 2 amide bonds. The molecule has 5 nitrogen and oxygen atoms in total. The average Bonchev–Trinajstić information content (AvgIpc) is 2.44. The molecule has 4 bridgehead atoms. The number of aliphatic carboxylic acids is 1. The normalized spacial score (nSPS) is 33.2. The van der Waals surface area contributed by atoms with Crippen molar-refractivity contribution in [3.63, 3.8) is 0 Å². The number of urea groups is 1. The number of carbonyl (C=O) groups excluding carboxylic acids is 1. The molecule has 4 aliphatic rings. The number of anilines is 1. The molecule has 4 fully saturated rings. The summed E-state index contributed by atoms with van der Waals surface area (Å²) >= 11 is 0. The lowest BCUT2D eigenvalue weighted by Crippen LogP contribution is -2.60. The van der Waals surface area contributed by atoms with Crippen molar-refractivity contribution < 1.29 is 14.7 Å². The van der Waals surface area contributed by atoms with E-state index in [0.717, 1.165) is 37.0 Å². The summed E-state index contributed by atoms with van der Waals surface area (Å²) in [6.07, 6.45) is 7.36. The van der Waals surface area contributed by atoms with Crippen LogP contribution in [0.15, 0.2) is 24.3 Å². The molecule has 4 aliphatic carbocycles. The van der Waals surface area contributed by atoms with E-state index in [1.54, 1.807) is 24.3 Å². The number of carboxylic acids is 1. The number of carboxylic acid groups (broad SMARTS) is 1. The second-order valence-corrected chi connectivity index (χ2v) is 8.05. The largest absolute Gasteiger partial charge is 0.481 e. The van der Waals surface area contributed by atoms with Crippen molar-refractivity contribution in [2.45, 2.75) is 50.5 Å². The summed E-state index contributed by atoms with van der Waals surface area (Å²) in [7, 11) is 0. The third kappa shape index (κ3) is 3.12. The van der Waals surface area contributed by atoms with Gasteiger partial charge in [0.1, 0.15) is 0 Å². The van der Waals surface area contributed by atoms with Gasteiger partial charge in [0.15, 0.2) is 0 Å². The first kappa shape index (κ1) is 15.5. The van der Waals surface area contributed by atoms with Crippen LogP contribution in [-0.4, -0.2) is 22.6 Å². The summed E-state index contributed by atoms with van der Waals surface area (Å²) in [6, 6.07) is 6.90. The van der Waals surface area contributed by atoms with E-state index in [2.05, 4.69) is 10.6 Å². The van der Waals surface area contributed by atoms with Gasteiger partial charge >= 0.3 is 12.0 Å². The van der Waals surface area contributed by atoms with Crippen LogP contribution in [0.3, 0.4) is 0 Å². The molecule has 0 atom stereocenters. The Morgan fingerprint density at radius 1 is 1.08 bits per heavy atom. The summed E-state index contributed by atoms with van der Waals surface area (Å²) in [5.74, 6) is 1.49. The minimum Gasteiger partial charge on any atom is -0.481 e. The second kappa shape index (κ2) is 5.80. The molecule has 0 aliphatic heterocycles. The summed E-state index contributed by atoms with van der Waals surface area (Å²) in [4.78, 5) is 23.3. The van der Waals surface area contributed by atoms with Crippen LogP contribution in [0.25, 0.3) is 0 Å². The van der Waals surface area contributed by atoms with E-state index in [-0.39, 0.29) is 18.0 Å². The standard InChI is InChI=1S/C19H24N2O3/c22-17(23)8-12-2-1-3-16(7-12)20-18(24)21-19-9-13-4-14(10-19)6-15(5-13)11-19/h1-3,7,13-15H,4-6,8-11H2,(H,22,23)(H2,20,21,24). The molecule has 128 valence electrons. The average molecular weight is 328 g/mol. The first-order chi connectivity index (χ1) is 11.5. The molecule has 4 saturated carbocycles. The van der Waals surface area contributed by atoms with Gasteiger partial charge in [0.05, 0.1) is 6.42 Å². The Morgan fingerprint density at radius 3 is 2.29 bits per heavy atom. The summed E-state index contributed by atoms with van der Waals surface area (Å²) < 4.78 is 0. The highest BCUT2D eigenvalue weighted by Crippen LogP contribution is 2.55. The van der Waals surface area contributed by atoms with Crippen molar-refractivity contribution in [3.8, 4) is 0 Å². The van der Waals surface area contributed by atoms with Crippen LogP contribution < -0.4 is 10.6 Å². The first-order valence-corrected chi connectivity index (χ1v) is 8.90. The number of hydrogen-bond donors (Lipinski definition) is 3. The van der Waals surface area contributed by atoms with Gasteiger partial charge in [0.25, 0.3) is 0 Å². The highest BCUT2D eigenvalue weighted by molar-refractivity contribution is 5.90. The monoisotopic (exact) mass is 328 g/mol. The van der Waals surface area contributed by atoms with Crippen molar-refractivity contribution in [1.29, 1.82) is 0 Å². The first-order valence-electron chi connectivity index (χ1n) is 8.90. The van der Waals surface area contributed by atoms with Gasteiger partial charge in [0, 0.05) is 11.2 Å². The fraction of sp³-hybridized carbons (Fsp3) is 0.579. The molecule has 1 aromatic rings. The third-order valence-electron chi connectivity index (χ3n) is 5.96. The van der Waals surface area contributed by atoms with Gasteiger partial charge < -0.3 is 15.7 Å². The van der Waals surface area contributed by atoms with E-state index in [1.807, 2.05) is 0 Å². The lowest BCUT2D eigenvalue weighted by atomic mass is 9.53. The predicted octanol–water partition coefficient (Wildman–Crippen LogP) is 3.40. The number of nitrogens with one attached hydrogen (secondary N) is 2. The molecule has 0 saturated heterocycles. The molecule has 0 spiro atoms. The number of rotatable bonds is 4. The molecule has 24 heavy (non-hydrogen) atoms. The lowest BCUT2D eigenvalue weighted by Gasteiger charge is -2.56. The summed E-state index contributed by atoms with van der Waals surface area (Å²) in [5, 5.41) is 15.0. The number of carbonyl (C=O) groups is 2. The molecule has 0 heterocycles. The number of amides is 2. The summed E-state index contributed by atoms with van der Waals surface area (Å²) in [6.45, 7) is 0. The van der Waals surface area contributed by atoms with Gasteiger partial charge in [-0.15, -0.1) is 0 Å². The van der Waals surface area contributed by atoms with Crippen molar-refractivity contribution in [3.05, 3.63) is 29.8 Å². The van der Waals surface area contributed by atoms with E-state index in [4.69, 9.17) is 5.11 Å². The van der Waals surface area contributed by atoms with Crippen LogP contribution >= 0.6 is 0 Å². The molecule has 0 aromatic heterocycles. The van der Waals surface area contributed by atoms with Crippen LogP contribution in [0.1, 0.15) is 44.1 Å². The van der Waals surface area contributed by atoms with E-state index in [0.29, 0.717) is 11.3 Å². The van der Waals surface area contributed by atoms with Crippen molar-refractivity contribution >= 4 is 17.7 Å². The predicted molar refractivity (Wildman–Crippen MR) is 90.8 cm³/mol. The zero-order valence-electron chi connectivity index (χ0n) is 13.8. The Morgan fingerprint density at radius 2 is 1.71 bits per heavy atom. The summed E-state index contributed by atoms with van der Waals surface area (Å²) in [5.41, 5.74) is 1.32. The van der Waals surface area contributed by atoms with Crippen LogP contribution in [0.4, 0.5) is 10.5 Å². The molecular formula is C19H24N2O3. The van der Waals surface area contributed by atoms with E-state index >= 15 is 0 Å². The zero-order chi connectivity index (χ0) is 16.7. The van der Waals surface area contributed by atoms with Gasteiger partial charge in [-0.2, -0.15) is 0 Å². The number of benzene rings is 1. The highest BCUT2D eigenvalue weighted by atomic mass is 16.4. The van der Waals surface area contributed by atoms with Crippen LogP contribution in [0.2, 0.25) is 0 Å². The van der Waals surface area contributed by atoms with E-state index < -0.39 is 5.97 Å². The molecule has 0 unspecified atom stereocenters. The third-order valence-corrected chi connectivity index (χ3v) is 5.96. The lowest BCUT2D eigenvalue weighted by molar-refractivity contribution is -0.136. The maximum Gasteiger partial charge on any atom is 0.319 e. The van der Waals surface area contributed by atoms with E-state index in [9.17, 15) is 9.59 Å². The minimum absolute atomic E-state index is 0.0164. The molecule has 0 radical (unpaired) electrons. The molecule has 5 rings (SSSR count). The molecule has 5 heteroatoms. The Labute approximate surface area is 141 Å².